The SMILES string of the molecule is O=C(Nc1ccccc1)C1CC=CCC1C(=O)N(c1ccccc1)c1ccccc1. The van der Waals surface area contributed by atoms with E-state index in [4.69, 9.17) is 0 Å². The summed E-state index contributed by atoms with van der Waals surface area (Å²) in [5.41, 5.74) is 2.34. The second kappa shape index (κ2) is 9.23. The average Bonchev–Trinajstić information content (AvgIpc) is 2.81. The normalized spacial score (nSPS) is 17.9. The number of carbonyl (C=O) groups is 2. The number of nitrogens with zero attached hydrogens (tertiary/aromatic N) is 1. The fraction of sp³-hybridized carbons (Fsp3) is 0.154. The van der Waals surface area contributed by atoms with Crippen molar-refractivity contribution in [3.63, 3.8) is 0 Å². The molecule has 2 amide bonds. The third-order valence-corrected chi connectivity index (χ3v) is 5.38. The van der Waals surface area contributed by atoms with Gasteiger partial charge in [0.05, 0.1) is 11.8 Å². The van der Waals surface area contributed by atoms with Gasteiger partial charge in [0.15, 0.2) is 0 Å². The van der Waals surface area contributed by atoms with E-state index in [2.05, 4.69) is 5.32 Å². The molecule has 0 saturated carbocycles. The van der Waals surface area contributed by atoms with E-state index in [1.165, 1.54) is 0 Å². The van der Waals surface area contributed by atoms with Crippen LogP contribution in [0.3, 0.4) is 0 Å². The lowest BCUT2D eigenvalue weighted by Gasteiger charge is -2.32. The lowest BCUT2D eigenvalue weighted by molar-refractivity contribution is -0.130. The van der Waals surface area contributed by atoms with E-state index < -0.39 is 11.8 Å². The summed E-state index contributed by atoms with van der Waals surface area (Å²) in [7, 11) is 0. The maximum Gasteiger partial charge on any atom is 0.235 e. The van der Waals surface area contributed by atoms with Crippen molar-refractivity contribution in [2.45, 2.75) is 12.8 Å². The van der Waals surface area contributed by atoms with Gasteiger partial charge < -0.3 is 5.32 Å². The number of anilines is 3. The summed E-state index contributed by atoms with van der Waals surface area (Å²) in [6, 6.07) is 28.6. The topological polar surface area (TPSA) is 49.4 Å². The molecule has 0 aliphatic heterocycles. The van der Waals surface area contributed by atoms with E-state index >= 15 is 0 Å². The first-order chi connectivity index (χ1) is 14.7. The Morgan fingerprint density at radius 1 is 0.667 bits per heavy atom. The van der Waals surface area contributed by atoms with Gasteiger partial charge in [0.1, 0.15) is 0 Å². The molecule has 0 fully saturated rings. The smallest absolute Gasteiger partial charge is 0.235 e. The van der Waals surface area contributed by atoms with Gasteiger partial charge in [0.2, 0.25) is 11.8 Å². The van der Waals surface area contributed by atoms with Crippen LogP contribution in [-0.4, -0.2) is 11.8 Å². The molecular weight excluding hydrogens is 372 g/mol. The quantitative estimate of drug-likeness (QED) is 0.573. The number of hydrogen-bond acceptors (Lipinski definition) is 2. The Kier molecular flexibility index (Phi) is 6.04. The highest BCUT2D eigenvalue weighted by Gasteiger charge is 2.37. The van der Waals surface area contributed by atoms with E-state index in [1.54, 1.807) is 4.90 Å². The summed E-state index contributed by atoms with van der Waals surface area (Å²) in [4.78, 5) is 28.6. The Balaban J connectivity index is 1.64. The van der Waals surface area contributed by atoms with Crippen LogP contribution >= 0.6 is 0 Å². The van der Waals surface area contributed by atoms with Crippen LogP contribution in [0.2, 0.25) is 0 Å². The van der Waals surface area contributed by atoms with Gasteiger partial charge in [-0.2, -0.15) is 0 Å². The maximum absolute atomic E-state index is 13.8. The van der Waals surface area contributed by atoms with Gasteiger partial charge in [0.25, 0.3) is 0 Å². The van der Waals surface area contributed by atoms with Crippen molar-refractivity contribution in [3.05, 3.63) is 103 Å². The predicted octanol–water partition coefficient (Wildman–Crippen LogP) is 5.57. The highest BCUT2D eigenvalue weighted by Crippen LogP contribution is 2.34. The summed E-state index contributed by atoms with van der Waals surface area (Å²) in [5, 5.41) is 2.97. The molecule has 0 aromatic heterocycles. The van der Waals surface area contributed by atoms with Gasteiger partial charge in [0, 0.05) is 17.1 Å². The summed E-state index contributed by atoms with van der Waals surface area (Å²) in [6.07, 6.45) is 5.09. The number of rotatable bonds is 5. The molecule has 0 radical (unpaired) electrons. The Labute approximate surface area is 176 Å². The molecule has 2 atom stereocenters. The molecule has 0 spiro atoms. The number of hydrogen-bond donors (Lipinski definition) is 1. The summed E-state index contributed by atoms with van der Waals surface area (Å²) in [6.45, 7) is 0. The molecule has 1 aliphatic carbocycles. The van der Waals surface area contributed by atoms with E-state index in [9.17, 15) is 9.59 Å². The molecule has 2 unspecified atom stereocenters. The standard InChI is InChI=1S/C26H24N2O2/c29-25(27-20-12-4-1-5-13-20)23-18-10-11-19-24(23)26(30)28(21-14-6-2-7-15-21)22-16-8-3-9-17-22/h1-17,23-24H,18-19H2,(H,27,29). The van der Waals surface area contributed by atoms with Gasteiger partial charge in [-0.3, -0.25) is 14.5 Å². The van der Waals surface area contributed by atoms with E-state index in [1.807, 2.05) is 103 Å². The zero-order chi connectivity index (χ0) is 20.8. The van der Waals surface area contributed by atoms with Crippen LogP contribution in [0.1, 0.15) is 12.8 Å². The number of nitrogens with one attached hydrogen (secondary N) is 1. The van der Waals surface area contributed by atoms with Gasteiger partial charge in [-0.1, -0.05) is 66.7 Å². The molecule has 1 aliphatic rings. The third-order valence-electron chi connectivity index (χ3n) is 5.38. The monoisotopic (exact) mass is 396 g/mol. The molecule has 4 heteroatoms. The van der Waals surface area contributed by atoms with Gasteiger partial charge in [-0.05, 0) is 49.2 Å². The number of amides is 2. The zero-order valence-corrected chi connectivity index (χ0v) is 16.6. The van der Waals surface area contributed by atoms with Crippen LogP contribution in [0.15, 0.2) is 103 Å². The summed E-state index contributed by atoms with van der Waals surface area (Å²) < 4.78 is 0. The second-order valence-corrected chi connectivity index (χ2v) is 7.36. The molecule has 0 bridgehead atoms. The number of benzene rings is 3. The largest absolute Gasteiger partial charge is 0.326 e. The van der Waals surface area contributed by atoms with Crippen LogP contribution < -0.4 is 10.2 Å². The van der Waals surface area contributed by atoms with Crippen LogP contribution in [0.4, 0.5) is 17.1 Å². The highest BCUT2D eigenvalue weighted by atomic mass is 16.2. The molecule has 3 aromatic carbocycles. The average molecular weight is 396 g/mol. The Morgan fingerprint density at radius 2 is 1.13 bits per heavy atom. The van der Waals surface area contributed by atoms with Crippen molar-refractivity contribution in [2.24, 2.45) is 11.8 Å². The first-order valence-corrected chi connectivity index (χ1v) is 10.2. The van der Waals surface area contributed by atoms with Crippen molar-refractivity contribution in [1.29, 1.82) is 0 Å². The molecule has 3 aromatic rings. The Hall–Kier alpha value is -3.66. The van der Waals surface area contributed by atoms with Crippen molar-refractivity contribution in [3.8, 4) is 0 Å². The number of carbonyl (C=O) groups excluding carboxylic acids is 2. The number of para-hydroxylation sites is 3. The third kappa shape index (κ3) is 4.33. The Morgan fingerprint density at radius 3 is 1.67 bits per heavy atom. The molecule has 4 nitrogen and oxygen atoms in total. The Bertz CT molecular complexity index is 977. The van der Waals surface area contributed by atoms with E-state index in [0.29, 0.717) is 12.8 Å². The van der Waals surface area contributed by atoms with Crippen molar-refractivity contribution in [2.75, 3.05) is 10.2 Å². The molecule has 30 heavy (non-hydrogen) atoms. The van der Waals surface area contributed by atoms with E-state index in [0.717, 1.165) is 17.1 Å². The first kappa shape index (κ1) is 19.6. The molecular formula is C26H24N2O2. The van der Waals surface area contributed by atoms with Crippen LogP contribution in [0, 0.1) is 11.8 Å². The van der Waals surface area contributed by atoms with E-state index in [-0.39, 0.29) is 11.8 Å². The first-order valence-electron chi connectivity index (χ1n) is 10.2. The lowest BCUT2D eigenvalue weighted by atomic mass is 9.81. The minimum atomic E-state index is -0.431. The van der Waals surface area contributed by atoms with Crippen molar-refractivity contribution >= 4 is 28.9 Å². The molecule has 4 rings (SSSR count). The minimum Gasteiger partial charge on any atom is -0.326 e. The molecule has 1 N–H and O–H groups in total. The lowest BCUT2D eigenvalue weighted by Crippen LogP contribution is -2.41. The van der Waals surface area contributed by atoms with Crippen LogP contribution in [0.25, 0.3) is 0 Å². The molecule has 0 heterocycles. The maximum atomic E-state index is 13.8. The fourth-order valence-corrected chi connectivity index (χ4v) is 3.86. The summed E-state index contributed by atoms with van der Waals surface area (Å²) in [5.74, 6) is -1.04. The predicted molar refractivity (Wildman–Crippen MR) is 120 cm³/mol. The second-order valence-electron chi connectivity index (χ2n) is 7.36. The van der Waals surface area contributed by atoms with Gasteiger partial charge in [-0.15, -0.1) is 0 Å². The van der Waals surface area contributed by atoms with Crippen LogP contribution in [-0.2, 0) is 9.59 Å². The molecule has 0 saturated heterocycles. The van der Waals surface area contributed by atoms with Crippen molar-refractivity contribution < 1.29 is 9.59 Å². The van der Waals surface area contributed by atoms with Gasteiger partial charge in [-0.25, -0.2) is 0 Å². The van der Waals surface area contributed by atoms with Gasteiger partial charge >= 0.3 is 0 Å². The highest BCUT2D eigenvalue weighted by molar-refractivity contribution is 6.05. The van der Waals surface area contributed by atoms with Crippen molar-refractivity contribution in [1.82, 2.24) is 0 Å². The molecule has 150 valence electrons. The van der Waals surface area contributed by atoms with Crippen LogP contribution in [0.5, 0.6) is 0 Å². The minimum absolute atomic E-state index is 0.0649. The zero-order valence-electron chi connectivity index (χ0n) is 16.6. The number of allylic oxidation sites excluding steroid dienone is 2. The summed E-state index contributed by atoms with van der Waals surface area (Å²) >= 11 is 0. The fourth-order valence-electron chi connectivity index (χ4n) is 3.86.